The van der Waals surface area contributed by atoms with Crippen LogP contribution in [-0.2, 0) is 0 Å². The highest BCUT2D eigenvalue weighted by Crippen LogP contribution is 2.34. The van der Waals surface area contributed by atoms with Crippen molar-refractivity contribution >= 4 is 11.4 Å². The molecule has 138 valence electrons. The lowest BCUT2D eigenvalue weighted by Gasteiger charge is -2.26. The van der Waals surface area contributed by atoms with Gasteiger partial charge >= 0.3 is 0 Å². The van der Waals surface area contributed by atoms with Crippen LogP contribution in [0.15, 0.2) is 115 Å². The smallest absolute Gasteiger partial charge is 0.0701 e. The van der Waals surface area contributed by atoms with Gasteiger partial charge in [0.15, 0.2) is 0 Å². The average molecular weight is 364 g/mol. The molecule has 2 aromatic carbocycles. The zero-order valence-electron chi connectivity index (χ0n) is 16.3. The van der Waals surface area contributed by atoms with Crippen LogP contribution in [0, 0.1) is 5.41 Å². The molecule has 0 atom stereocenters. The van der Waals surface area contributed by atoms with Crippen LogP contribution in [0.25, 0.3) is 11.3 Å². The molecule has 4 rings (SSSR count). The van der Waals surface area contributed by atoms with Crippen molar-refractivity contribution in [1.29, 1.82) is 0 Å². The normalized spacial score (nSPS) is 15.0. The number of allylic oxidation sites excluding steroid dienone is 5. The van der Waals surface area contributed by atoms with Crippen molar-refractivity contribution in [3.05, 3.63) is 115 Å². The van der Waals surface area contributed by atoms with Crippen LogP contribution in [0.4, 0.5) is 11.4 Å². The molecule has 2 heteroatoms. The topological polar surface area (TPSA) is 16.1 Å². The maximum atomic E-state index is 4.45. The number of rotatable bonds is 4. The van der Waals surface area contributed by atoms with Gasteiger partial charge in [0.2, 0.25) is 0 Å². The molecule has 0 radical (unpaired) electrons. The van der Waals surface area contributed by atoms with Gasteiger partial charge in [-0.1, -0.05) is 68.5 Å². The van der Waals surface area contributed by atoms with Gasteiger partial charge in [-0.2, -0.15) is 0 Å². The second-order valence-electron chi connectivity index (χ2n) is 7.54. The van der Waals surface area contributed by atoms with E-state index in [4.69, 9.17) is 0 Å². The molecule has 0 saturated heterocycles. The number of para-hydroxylation sites is 1. The second kappa shape index (κ2) is 7.69. The highest BCUT2D eigenvalue weighted by Gasteiger charge is 2.16. The molecule has 0 saturated carbocycles. The molecule has 0 spiro atoms. The van der Waals surface area contributed by atoms with Gasteiger partial charge < -0.3 is 4.90 Å². The van der Waals surface area contributed by atoms with Crippen LogP contribution < -0.4 is 4.90 Å². The van der Waals surface area contributed by atoms with E-state index >= 15 is 0 Å². The maximum absolute atomic E-state index is 4.45. The zero-order valence-corrected chi connectivity index (χ0v) is 16.3. The van der Waals surface area contributed by atoms with Gasteiger partial charge in [-0.3, -0.25) is 4.98 Å². The molecule has 2 nitrogen and oxygen atoms in total. The number of aromatic nitrogens is 1. The predicted molar refractivity (Wildman–Crippen MR) is 118 cm³/mol. The van der Waals surface area contributed by atoms with Gasteiger partial charge in [-0.25, -0.2) is 0 Å². The molecule has 0 aliphatic heterocycles. The molecule has 0 N–H and O–H groups in total. The summed E-state index contributed by atoms with van der Waals surface area (Å²) in [6.45, 7) is 4.43. The summed E-state index contributed by atoms with van der Waals surface area (Å²) in [4.78, 5) is 6.74. The molecule has 1 aliphatic rings. The Morgan fingerprint density at radius 2 is 1.46 bits per heavy atom. The van der Waals surface area contributed by atoms with Gasteiger partial charge in [-0.15, -0.1) is 0 Å². The summed E-state index contributed by atoms with van der Waals surface area (Å²) in [6, 6.07) is 25.1. The van der Waals surface area contributed by atoms with Crippen molar-refractivity contribution in [3.8, 4) is 11.3 Å². The Hall–Kier alpha value is -3.39. The third-order valence-corrected chi connectivity index (χ3v) is 4.84. The zero-order chi connectivity index (χ0) is 19.4. The van der Waals surface area contributed by atoms with E-state index in [1.807, 2.05) is 30.5 Å². The van der Waals surface area contributed by atoms with Gasteiger partial charge in [-0.05, 0) is 48.6 Å². The number of nitrogens with zero attached hydrogens (tertiary/aromatic N) is 2. The fourth-order valence-electron chi connectivity index (χ4n) is 3.29. The van der Waals surface area contributed by atoms with Crippen LogP contribution in [0.2, 0.25) is 0 Å². The van der Waals surface area contributed by atoms with Crippen LogP contribution in [0.3, 0.4) is 0 Å². The van der Waals surface area contributed by atoms with E-state index in [2.05, 4.69) is 103 Å². The highest BCUT2D eigenvalue weighted by molar-refractivity contribution is 5.73. The first-order chi connectivity index (χ1) is 13.6. The third-order valence-electron chi connectivity index (χ3n) is 4.84. The summed E-state index contributed by atoms with van der Waals surface area (Å²) in [5.41, 5.74) is 5.54. The largest absolute Gasteiger partial charge is 0.311 e. The average Bonchev–Trinajstić information content (AvgIpc) is 2.91. The molecule has 0 amide bonds. The van der Waals surface area contributed by atoms with Crippen molar-refractivity contribution in [2.45, 2.75) is 13.8 Å². The Morgan fingerprint density at radius 3 is 2.18 bits per heavy atom. The minimum atomic E-state index is 0.0451. The summed E-state index contributed by atoms with van der Waals surface area (Å²) in [6.07, 6.45) is 12.8. The maximum Gasteiger partial charge on any atom is 0.0701 e. The van der Waals surface area contributed by atoms with Crippen molar-refractivity contribution in [3.63, 3.8) is 0 Å². The minimum Gasteiger partial charge on any atom is -0.311 e. The van der Waals surface area contributed by atoms with Gasteiger partial charge in [0.05, 0.1) is 5.69 Å². The Labute approximate surface area is 167 Å². The SMILES string of the molecule is CC1(C)C=CC=C(N(c2ccccc2)c2ccc(-c3ccccn3)cc2)C=C1. The Kier molecular flexibility index (Phi) is 4.94. The van der Waals surface area contributed by atoms with E-state index in [0.717, 1.165) is 28.3 Å². The Morgan fingerprint density at radius 1 is 0.750 bits per heavy atom. The lowest BCUT2D eigenvalue weighted by atomic mass is 9.93. The summed E-state index contributed by atoms with van der Waals surface area (Å²) in [5, 5.41) is 0. The molecule has 1 aromatic heterocycles. The number of hydrogen-bond acceptors (Lipinski definition) is 2. The van der Waals surface area contributed by atoms with E-state index in [-0.39, 0.29) is 5.41 Å². The van der Waals surface area contributed by atoms with Crippen molar-refractivity contribution in [2.75, 3.05) is 4.90 Å². The van der Waals surface area contributed by atoms with Gasteiger partial charge in [0.1, 0.15) is 0 Å². The summed E-state index contributed by atoms with van der Waals surface area (Å²) in [7, 11) is 0. The van der Waals surface area contributed by atoms with Crippen LogP contribution in [0.1, 0.15) is 13.8 Å². The molecule has 1 heterocycles. The van der Waals surface area contributed by atoms with Gasteiger partial charge in [0, 0.05) is 34.2 Å². The summed E-state index contributed by atoms with van der Waals surface area (Å²) < 4.78 is 0. The number of benzene rings is 2. The van der Waals surface area contributed by atoms with E-state index in [0.29, 0.717) is 0 Å². The first kappa shape index (κ1) is 18.0. The molecule has 0 fully saturated rings. The third kappa shape index (κ3) is 3.96. The van der Waals surface area contributed by atoms with Crippen LogP contribution in [0.5, 0.6) is 0 Å². The van der Waals surface area contributed by atoms with Crippen LogP contribution >= 0.6 is 0 Å². The fraction of sp³-hybridized carbons (Fsp3) is 0.115. The van der Waals surface area contributed by atoms with Crippen molar-refractivity contribution in [1.82, 2.24) is 4.98 Å². The first-order valence-electron chi connectivity index (χ1n) is 9.58. The molecule has 3 aromatic rings. The van der Waals surface area contributed by atoms with E-state index < -0.39 is 0 Å². The summed E-state index contributed by atoms with van der Waals surface area (Å²) >= 11 is 0. The van der Waals surface area contributed by atoms with E-state index in [1.165, 1.54) is 0 Å². The number of pyridine rings is 1. The predicted octanol–water partition coefficient (Wildman–Crippen LogP) is 6.92. The monoisotopic (exact) mass is 364 g/mol. The molecule has 0 bridgehead atoms. The quantitative estimate of drug-likeness (QED) is 0.499. The number of hydrogen-bond donors (Lipinski definition) is 0. The first-order valence-corrected chi connectivity index (χ1v) is 9.58. The molecular formula is C26H24N2. The fourth-order valence-corrected chi connectivity index (χ4v) is 3.29. The van der Waals surface area contributed by atoms with Crippen molar-refractivity contribution in [2.24, 2.45) is 5.41 Å². The van der Waals surface area contributed by atoms with E-state index in [9.17, 15) is 0 Å². The highest BCUT2D eigenvalue weighted by atomic mass is 15.1. The lowest BCUT2D eigenvalue weighted by Crippen LogP contribution is -2.15. The lowest BCUT2D eigenvalue weighted by molar-refractivity contribution is 0.627. The molecule has 0 unspecified atom stereocenters. The second-order valence-corrected chi connectivity index (χ2v) is 7.54. The van der Waals surface area contributed by atoms with Crippen LogP contribution in [-0.4, -0.2) is 4.98 Å². The minimum absolute atomic E-state index is 0.0451. The summed E-state index contributed by atoms with van der Waals surface area (Å²) in [5.74, 6) is 0. The Balaban J connectivity index is 1.75. The molecule has 28 heavy (non-hydrogen) atoms. The molecule has 1 aliphatic carbocycles. The van der Waals surface area contributed by atoms with E-state index in [1.54, 1.807) is 0 Å². The van der Waals surface area contributed by atoms with Gasteiger partial charge in [0.25, 0.3) is 0 Å². The molecular weight excluding hydrogens is 340 g/mol. The van der Waals surface area contributed by atoms with Crippen molar-refractivity contribution < 1.29 is 0 Å². The standard InChI is InChI=1S/C26H24N2/c1-26(2)18-8-11-23(17-19-26)28(22-9-4-3-5-10-22)24-15-13-21(14-16-24)25-12-6-7-20-27-25/h3-20H,1-2H3. The number of anilines is 2. The Bertz CT molecular complexity index is 1010.